The molecule has 5 nitrogen and oxygen atoms in total. The second kappa shape index (κ2) is 7.60. The van der Waals surface area contributed by atoms with Gasteiger partial charge in [-0.1, -0.05) is 24.3 Å². The first-order valence-electron chi connectivity index (χ1n) is 7.70. The van der Waals surface area contributed by atoms with Gasteiger partial charge in [-0.15, -0.1) is 11.3 Å². The molecule has 0 radical (unpaired) electrons. The van der Waals surface area contributed by atoms with E-state index in [1.54, 1.807) is 29.1 Å². The standard InChI is InChI=1S/C19H15N3O2S/c1-2-24-19(23)14(12-20)11-15-13-22(16-7-4-3-5-8-16)21-18(15)17-9-6-10-25-17/h3-11,13H,2H2,1H3/b14-11-. The Bertz CT molecular complexity index is 935. The van der Waals surface area contributed by atoms with E-state index >= 15 is 0 Å². The summed E-state index contributed by atoms with van der Waals surface area (Å²) < 4.78 is 6.67. The Labute approximate surface area is 149 Å². The maximum absolute atomic E-state index is 11.9. The van der Waals surface area contributed by atoms with Crippen LogP contribution in [0.1, 0.15) is 12.5 Å². The third-order valence-electron chi connectivity index (χ3n) is 3.43. The Kier molecular flexibility index (Phi) is 5.07. The van der Waals surface area contributed by atoms with Crippen molar-refractivity contribution in [1.82, 2.24) is 9.78 Å². The molecule has 1 aromatic carbocycles. The second-order valence-electron chi connectivity index (χ2n) is 5.08. The third-order valence-corrected chi connectivity index (χ3v) is 4.31. The molecule has 0 atom stereocenters. The van der Waals surface area contributed by atoms with Gasteiger partial charge in [0.25, 0.3) is 0 Å². The van der Waals surface area contributed by atoms with E-state index in [1.165, 1.54) is 6.08 Å². The average molecular weight is 349 g/mol. The van der Waals surface area contributed by atoms with Crippen molar-refractivity contribution in [2.24, 2.45) is 0 Å². The van der Waals surface area contributed by atoms with Crippen molar-refractivity contribution in [3.05, 3.63) is 65.2 Å². The van der Waals surface area contributed by atoms with Crippen LogP contribution < -0.4 is 0 Å². The topological polar surface area (TPSA) is 67.9 Å². The van der Waals surface area contributed by atoms with Gasteiger partial charge in [-0.05, 0) is 36.6 Å². The van der Waals surface area contributed by atoms with Crippen LogP contribution in [0.2, 0.25) is 0 Å². The number of para-hydroxylation sites is 1. The second-order valence-corrected chi connectivity index (χ2v) is 6.03. The fourth-order valence-corrected chi connectivity index (χ4v) is 3.04. The number of aromatic nitrogens is 2. The fourth-order valence-electron chi connectivity index (χ4n) is 2.31. The van der Waals surface area contributed by atoms with Crippen LogP contribution in [-0.2, 0) is 9.53 Å². The van der Waals surface area contributed by atoms with E-state index < -0.39 is 5.97 Å². The summed E-state index contributed by atoms with van der Waals surface area (Å²) in [6.45, 7) is 1.93. The van der Waals surface area contributed by atoms with Gasteiger partial charge in [0.2, 0.25) is 0 Å². The molecule has 2 aromatic heterocycles. The fraction of sp³-hybridized carbons (Fsp3) is 0.105. The van der Waals surface area contributed by atoms with Gasteiger partial charge in [-0.25, -0.2) is 9.48 Å². The number of hydrogen-bond donors (Lipinski definition) is 0. The lowest BCUT2D eigenvalue weighted by Crippen LogP contribution is -2.06. The minimum absolute atomic E-state index is 0.0488. The molecule has 0 fully saturated rings. The minimum Gasteiger partial charge on any atom is -0.462 e. The largest absolute Gasteiger partial charge is 0.462 e. The average Bonchev–Trinajstić information content (AvgIpc) is 3.30. The van der Waals surface area contributed by atoms with Crippen molar-refractivity contribution in [3.8, 4) is 22.3 Å². The lowest BCUT2D eigenvalue weighted by Gasteiger charge is -1.99. The monoisotopic (exact) mass is 349 g/mol. The molecule has 0 amide bonds. The number of nitrogens with zero attached hydrogens (tertiary/aromatic N) is 3. The molecule has 0 aliphatic heterocycles. The van der Waals surface area contributed by atoms with Crippen LogP contribution in [0.25, 0.3) is 22.3 Å². The predicted molar refractivity (Wildman–Crippen MR) is 97.1 cm³/mol. The highest BCUT2D eigenvalue weighted by molar-refractivity contribution is 7.13. The molecule has 0 bridgehead atoms. The van der Waals surface area contributed by atoms with E-state index in [4.69, 9.17) is 4.74 Å². The highest BCUT2D eigenvalue weighted by atomic mass is 32.1. The Morgan fingerprint density at radius 1 is 1.32 bits per heavy atom. The summed E-state index contributed by atoms with van der Waals surface area (Å²) in [5.74, 6) is -0.630. The molecular weight excluding hydrogens is 334 g/mol. The lowest BCUT2D eigenvalue weighted by molar-refractivity contribution is -0.137. The smallest absolute Gasteiger partial charge is 0.348 e. The van der Waals surface area contributed by atoms with Crippen molar-refractivity contribution in [1.29, 1.82) is 5.26 Å². The Balaban J connectivity index is 2.10. The number of hydrogen-bond acceptors (Lipinski definition) is 5. The van der Waals surface area contributed by atoms with Crippen molar-refractivity contribution in [3.63, 3.8) is 0 Å². The molecule has 3 rings (SSSR count). The zero-order valence-electron chi connectivity index (χ0n) is 13.5. The Morgan fingerprint density at radius 2 is 2.12 bits per heavy atom. The van der Waals surface area contributed by atoms with Gasteiger partial charge in [-0.3, -0.25) is 0 Å². The highest BCUT2D eigenvalue weighted by Gasteiger charge is 2.16. The van der Waals surface area contributed by atoms with E-state index in [0.29, 0.717) is 5.56 Å². The number of carbonyl (C=O) groups is 1. The third kappa shape index (κ3) is 3.67. The number of benzene rings is 1. The SMILES string of the molecule is CCOC(=O)/C(C#N)=C\c1cn(-c2ccccc2)nc1-c1cccs1. The van der Waals surface area contributed by atoms with Crippen LogP contribution in [-0.4, -0.2) is 22.4 Å². The van der Waals surface area contributed by atoms with Crippen LogP contribution in [0.4, 0.5) is 0 Å². The van der Waals surface area contributed by atoms with Gasteiger partial charge in [0.1, 0.15) is 17.3 Å². The van der Waals surface area contributed by atoms with E-state index in [1.807, 2.05) is 53.9 Å². The normalized spacial score (nSPS) is 11.1. The first-order valence-corrected chi connectivity index (χ1v) is 8.58. The number of esters is 1. The van der Waals surface area contributed by atoms with Crippen LogP contribution in [0.5, 0.6) is 0 Å². The predicted octanol–water partition coefficient (Wildman–Crippen LogP) is 4.07. The number of ether oxygens (including phenoxy) is 1. The Hall–Kier alpha value is -3.17. The molecule has 0 unspecified atom stereocenters. The molecule has 124 valence electrons. The summed E-state index contributed by atoms with van der Waals surface area (Å²) in [4.78, 5) is 12.9. The molecule has 0 aliphatic carbocycles. The Morgan fingerprint density at radius 3 is 2.76 bits per heavy atom. The number of thiophene rings is 1. The van der Waals surface area contributed by atoms with Crippen molar-refractivity contribution in [2.45, 2.75) is 6.92 Å². The van der Waals surface area contributed by atoms with Crippen LogP contribution >= 0.6 is 11.3 Å². The minimum atomic E-state index is -0.630. The van der Waals surface area contributed by atoms with Crippen molar-refractivity contribution in [2.75, 3.05) is 6.61 Å². The van der Waals surface area contributed by atoms with Gasteiger partial charge in [0.15, 0.2) is 0 Å². The number of rotatable bonds is 5. The summed E-state index contributed by atoms with van der Waals surface area (Å²) in [5.41, 5.74) is 2.26. The molecular formula is C19H15N3O2S. The summed E-state index contributed by atoms with van der Waals surface area (Å²) in [6, 6.07) is 15.5. The van der Waals surface area contributed by atoms with Crippen LogP contribution in [0.15, 0.2) is 59.6 Å². The molecule has 0 saturated heterocycles. The molecule has 0 spiro atoms. The van der Waals surface area contributed by atoms with E-state index in [0.717, 1.165) is 16.3 Å². The van der Waals surface area contributed by atoms with Crippen LogP contribution in [0, 0.1) is 11.3 Å². The van der Waals surface area contributed by atoms with E-state index in [-0.39, 0.29) is 12.2 Å². The molecule has 6 heteroatoms. The summed E-state index contributed by atoms with van der Waals surface area (Å²) in [5, 5.41) is 15.9. The molecule has 25 heavy (non-hydrogen) atoms. The van der Waals surface area contributed by atoms with Gasteiger partial charge in [0, 0.05) is 11.8 Å². The van der Waals surface area contributed by atoms with E-state index in [9.17, 15) is 10.1 Å². The van der Waals surface area contributed by atoms with Crippen LogP contribution in [0.3, 0.4) is 0 Å². The van der Waals surface area contributed by atoms with Crippen molar-refractivity contribution >= 4 is 23.4 Å². The lowest BCUT2D eigenvalue weighted by atomic mass is 10.1. The van der Waals surface area contributed by atoms with Gasteiger partial charge in [0.05, 0.1) is 17.2 Å². The highest BCUT2D eigenvalue weighted by Crippen LogP contribution is 2.29. The molecule has 2 heterocycles. The maximum Gasteiger partial charge on any atom is 0.348 e. The maximum atomic E-state index is 11.9. The molecule has 0 N–H and O–H groups in total. The number of carbonyl (C=O) groups excluding carboxylic acids is 1. The quantitative estimate of drug-likeness (QED) is 0.395. The van der Waals surface area contributed by atoms with Gasteiger partial charge < -0.3 is 4.74 Å². The molecule has 0 saturated carbocycles. The number of nitriles is 1. The summed E-state index contributed by atoms with van der Waals surface area (Å²) in [7, 11) is 0. The first-order chi connectivity index (χ1) is 12.2. The van der Waals surface area contributed by atoms with Crippen molar-refractivity contribution < 1.29 is 9.53 Å². The summed E-state index contributed by atoms with van der Waals surface area (Å²) >= 11 is 1.55. The zero-order valence-corrected chi connectivity index (χ0v) is 14.4. The van der Waals surface area contributed by atoms with Gasteiger partial charge in [-0.2, -0.15) is 10.4 Å². The van der Waals surface area contributed by atoms with Gasteiger partial charge >= 0.3 is 5.97 Å². The zero-order chi connectivity index (χ0) is 17.6. The molecule has 3 aromatic rings. The summed E-state index contributed by atoms with van der Waals surface area (Å²) in [6.07, 6.45) is 3.33. The first kappa shape index (κ1) is 16.7. The van der Waals surface area contributed by atoms with E-state index in [2.05, 4.69) is 5.10 Å². The molecule has 0 aliphatic rings.